The molecule has 0 amide bonds. The number of rotatable bonds is 11. The number of benzene rings is 1. The highest BCUT2D eigenvalue weighted by atomic mass is 79.9. The van der Waals surface area contributed by atoms with Crippen LogP contribution in [-0.4, -0.2) is 30.3 Å². The lowest BCUT2D eigenvalue weighted by Gasteiger charge is -2.12. The summed E-state index contributed by atoms with van der Waals surface area (Å²) in [4.78, 5) is 0. The van der Waals surface area contributed by atoms with Gasteiger partial charge in [-0.2, -0.15) is 0 Å². The van der Waals surface area contributed by atoms with Crippen LogP contribution in [-0.2, 0) is 9.05 Å². The minimum absolute atomic E-state index is 0.119. The third-order valence-electron chi connectivity index (χ3n) is 3.61. The lowest BCUT2D eigenvalue weighted by Crippen LogP contribution is -2.03. The van der Waals surface area contributed by atoms with Gasteiger partial charge in [0.05, 0.1) is 23.9 Å². The first-order valence-corrected chi connectivity index (χ1v) is 15.2. The molecule has 0 aliphatic heterocycles. The fourth-order valence-corrected chi connectivity index (χ4v) is 3.54. The largest absolute Gasteiger partial charge is 0.508 e. The molecule has 0 saturated carbocycles. The molecule has 33 heavy (non-hydrogen) atoms. The number of allylic oxidation sites excluding steroid dienone is 4. The molecule has 0 heterocycles. The lowest BCUT2D eigenvalue weighted by atomic mass is 9.95. The van der Waals surface area contributed by atoms with Crippen LogP contribution in [0.25, 0.3) is 0 Å². The van der Waals surface area contributed by atoms with Crippen LogP contribution in [0.5, 0.6) is 5.75 Å². The summed E-state index contributed by atoms with van der Waals surface area (Å²) >= 11 is 6.37. The maximum Gasteiger partial charge on any atom is 0.170 e. The maximum atomic E-state index is 9.72. The Bertz CT molecular complexity index is 628. The molecular formula is C26H45Br2O4P. The van der Waals surface area contributed by atoms with E-state index in [1.54, 1.807) is 12.3 Å². The second-order valence-electron chi connectivity index (χ2n) is 6.27. The Labute approximate surface area is 221 Å². The first-order valence-electron chi connectivity index (χ1n) is 11.4. The zero-order valence-corrected chi connectivity index (χ0v) is 25.9. The smallest absolute Gasteiger partial charge is 0.170 e. The summed E-state index contributed by atoms with van der Waals surface area (Å²) in [5.41, 5.74) is 0. The van der Waals surface area contributed by atoms with E-state index in [9.17, 15) is 5.11 Å². The van der Waals surface area contributed by atoms with Crippen LogP contribution in [0.4, 0.5) is 0 Å². The van der Waals surface area contributed by atoms with Gasteiger partial charge in [0, 0.05) is 12.1 Å². The summed E-state index contributed by atoms with van der Waals surface area (Å²) in [6.07, 6.45) is 9.93. The van der Waals surface area contributed by atoms with Gasteiger partial charge >= 0.3 is 0 Å². The van der Waals surface area contributed by atoms with Crippen molar-refractivity contribution >= 4 is 40.2 Å². The molecule has 4 nitrogen and oxygen atoms in total. The molecule has 0 bridgehead atoms. The number of ether oxygens (including phenoxy) is 1. The van der Waals surface area contributed by atoms with E-state index in [2.05, 4.69) is 52.6 Å². The van der Waals surface area contributed by atoms with E-state index in [0.29, 0.717) is 5.92 Å². The van der Waals surface area contributed by atoms with Crippen molar-refractivity contribution in [3.63, 3.8) is 0 Å². The molecule has 192 valence electrons. The van der Waals surface area contributed by atoms with Gasteiger partial charge in [0.2, 0.25) is 0 Å². The van der Waals surface area contributed by atoms with Crippen LogP contribution in [0.2, 0.25) is 0 Å². The number of alkyl halides is 1. The molecule has 0 saturated heterocycles. The Balaban J connectivity index is -0.000000581. The molecule has 1 rings (SSSR count). The molecule has 1 aromatic carbocycles. The monoisotopic (exact) mass is 610 g/mol. The predicted octanol–water partition coefficient (Wildman–Crippen LogP) is 10.1. The van der Waals surface area contributed by atoms with Gasteiger partial charge in [-0.3, -0.25) is 0 Å². The number of aliphatic hydroxyl groups excluding tert-OH is 1. The van der Waals surface area contributed by atoms with E-state index in [-0.39, 0.29) is 11.7 Å². The van der Waals surface area contributed by atoms with Crippen molar-refractivity contribution in [2.75, 3.05) is 25.2 Å². The second-order valence-corrected chi connectivity index (χ2v) is 8.94. The van der Waals surface area contributed by atoms with Crippen molar-refractivity contribution in [3.05, 3.63) is 65.1 Å². The first kappa shape index (κ1) is 36.9. The topological polar surface area (TPSA) is 47.9 Å². The number of hydrogen-bond donors (Lipinski definition) is 1. The van der Waals surface area contributed by atoms with Crippen molar-refractivity contribution in [2.45, 2.75) is 55.4 Å². The van der Waals surface area contributed by atoms with E-state index >= 15 is 0 Å². The van der Waals surface area contributed by atoms with Gasteiger partial charge < -0.3 is 18.9 Å². The van der Waals surface area contributed by atoms with Gasteiger partial charge in [-0.1, -0.05) is 68.8 Å². The SMILES string of the molecule is C/C=C\C(O)=CC(/C=C/Oc1ccccc1Br)C(C)C.CBr.CC.CCOP(CC)OCC. The summed E-state index contributed by atoms with van der Waals surface area (Å²) < 4.78 is 17.1. The summed E-state index contributed by atoms with van der Waals surface area (Å²) in [5, 5.41) is 9.72. The average Bonchev–Trinajstić information content (AvgIpc) is 2.82. The van der Waals surface area contributed by atoms with Gasteiger partial charge in [0.25, 0.3) is 0 Å². The van der Waals surface area contributed by atoms with Gasteiger partial charge in [-0.15, -0.1) is 0 Å². The van der Waals surface area contributed by atoms with E-state index in [1.807, 2.05) is 82.9 Å². The van der Waals surface area contributed by atoms with Gasteiger partial charge in [0.15, 0.2) is 8.38 Å². The molecule has 0 aliphatic carbocycles. The zero-order valence-electron chi connectivity index (χ0n) is 21.8. The second kappa shape index (κ2) is 27.6. The van der Waals surface area contributed by atoms with Crippen LogP contribution in [0.1, 0.15) is 55.4 Å². The van der Waals surface area contributed by atoms with Crippen LogP contribution in [0.3, 0.4) is 0 Å². The average molecular weight is 612 g/mol. The number of halogens is 2. The van der Waals surface area contributed by atoms with Crippen LogP contribution in [0.15, 0.2) is 65.1 Å². The fraction of sp³-hybridized carbons (Fsp3) is 0.538. The van der Waals surface area contributed by atoms with E-state index in [1.165, 1.54) is 0 Å². The van der Waals surface area contributed by atoms with Crippen LogP contribution >= 0.6 is 40.2 Å². The molecule has 0 radical (unpaired) electrons. The van der Waals surface area contributed by atoms with Gasteiger partial charge in [-0.05, 0) is 78.8 Å². The van der Waals surface area contributed by atoms with Crippen LogP contribution in [0, 0.1) is 11.8 Å². The normalized spacial score (nSPS) is 12.0. The zero-order chi connectivity index (χ0) is 26.1. The molecule has 0 aromatic heterocycles. The maximum absolute atomic E-state index is 9.72. The first-order chi connectivity index (χ1) is 15.9. The lowest BCUT2D eigenvalue weighted by molar-refractivity contribution is 0.270. The molecular weight excluding hydrogens is 567 g/mol. The Morgan fingerprint density at radius 2 is 1.61 bits per heavy atom. The standard InChI is InChI=1S/C17H21BrO2.C6H15O2P.C2H6.CH3Br/c1-4-7-15(19)12-14(13(2)3)10-11-20-17-9-6-5-8-16(17)18;1-4-7-9(6-3)8-5-2;2*1-2/h4-14,19H,1-3H3;4-6H2,1-3H3;1-2H3;1H3/b7-4-,11-10+,15-12?;;;. The number of aliphatic hydroxyl groups is 1. The van der Waals surface area contributed by atoms with Crippen molar-refractivity contribution in [3.8, 4) is 5.75 Å². The summed E-state index contributed by atoms with van der Waals surface area (Å²) in [6.45, 7) is 17.7. The van der Waals surface area contributed by atoms with Gasteiger partial charge in [0.1, 0.15) is 11.5 Å². The molecule has 0 aliphatic rings. The molecule has 1 atom stereocenters. The Morgan fingerprint density at radius 3 is 2.03 bits per heavy atom. The number of para-hydroxylation sites is 1. The Hall–Kier alpha value is -0.650. The molecule has 0 fully saturated rings. The van der Waals surface area contributed by atoms with Crippen molar-refractivity contribution in [1.82, 2.24) is 0 Å². The molecule has 1 aromatic rings. The Kier molecular flexibility index (Phi) is 30.9. The van der Waals surface area contributed by atoms with E-state index < -0.39 is 8.38 Å². The molecule has 0 spiro atoms. The van der Waals surface area contributed by atoms with Crippen molar-refractivity contribution in [1.29, 1.82) is 0 Å². The summed E-state index contributed by atoms with van der Waals surface area (Å²) in [5.74, 6) is 3.35. The van der Waals surface area contributed by atoms with E-state index in [4.69, 9.17) is 13.8 Å². The highest BCUT2D eigenvalue weighted by molar-refractivity contribution is 9.10. The molecule has 1 N–H and O–H groups in total. The minimum atomic E-state index is -0.559. The highest BCUT2D eigenvalue weighted by Crippen LogP contribution is 2.36. The Morgan fingerprint density at radius 1 is 1.06 bits per heavy atom. The highest BCUT2D eigenvalue weighted by Gasteiger charge is 2.08. The van der Waals surface area contributed by atoms with E-state index in [0.717, 1.165) is 29.6 Å². The predicted molar refractivity (Wildman–Crippen MR) is 155 cm³/mol. The molecule has 7 heteroatoms. The van der Waals surface area contributed by atoms with Gasteiger partial charge in [-0.25, -0.2) is 0 Å². The third-order valence-corrected chi connectivity index (χ3v) is 5.87. The summed E-state index contributed by atoms with van der Waals surface area (Å²) in [7, 11) is -0.559. The van der Waals surface area contributed by atoms with Crippen molar-refractivity contribution in [2.24, 2.45) is 11.8 Å². The quantitative estimate of drug-likeness (QED) is 0.117. The molecule has 1 unspecified atom stereocenters. The van der Waals surface area contributed by atoms with Crippen LogP contribution < -0.4 is 4.74 Å². The summed E-state index contributed by atoms with van der Waals surface area (Å²) in [6, 6.07) is 7.69. The number of hydrogen-bond acceptors (Lipinski definition) is 4. The fourth-order valence-electron chi connectivity index (χ4n) is 2.15. The van der Waals surface area contributed by atoms with Crippen molar-refractivity contribution < 1.29 is 18.9 Å². The minimum Gasteiger partial charge on any atom is -0.508 e. The third kappa shape index (κ3) is 21.6.